The molecule has 5 nitrogen and oxygen atoms in total. The molecule has 2 N–H and O–H groups in total. The van der Waals surface area contributed by atoms with Crippen LogP contribution in [0.1, 0.15) is 18.5 Å². The fourth-order valence-corrected chi connectivity index (χ4v) is 1.80. The molecule has 1 amide bonds. The van der Waals surface area contributed by atoms with E-state index >= 15 is 0 Å². The quantitative estimate of drug-likeness (QED) is 0.578. The lowest BCUT2D eigenvalue weighted by Gasteiger charge is -2.18. The van der Waals surface area contributed by atoms with Crippen molar-refractivity contribution in [3.8, 4) is 23.8 Å². The van der Waals surface area contributed by atoms with Crippen molar-refractivity contribution < 1.29 is 14.3 Å². The molecule has 5 heteroatoms. The molecule has 108 valence electrons. The SMILES string of the molecule is C#CCNCC(=O)NC(C)c1cc(OC)ccc1OC. The third kappa shape index (κ3) is 4.48. The summed E-state index contributed by atoms with van der Waals surface area (Å²) >= 11 is 0. The first-order valence-corrected chi connectivity index (χ1v) is 6.27. The molecule has 1 aromatic rings. The predicted octanol–water partition coefficient (Wildman–Crippen LogP) is 1.10. The Bertz CT molecular complexity index is 494. The molecule has 0 fully saturated rings. The second kappa shape index (κ2) is 8.08. The molecule has 0 aliphatic heterocycles. The molecule has 0 aliphatic carbocycles. The maximum absolute atomic E-state index is 11.7. The first-order chi connectivity index (χ1) is 9.62. The minimum absolute atomic E-state index is 0.127. The number of terminal acetylenes is 1. The Labute approximate surface area is 119 Å². The number of hydrogen-bond donors (Lipinski definition) is 2. The molecule has 0 aromatic heterocycles. The van der Waals surface area contributed by atoms with Gasteiger partial charge in [-0.25, -0.2) is 0 Å². The molecular formula is C15H20N2O3. The van der Waals surface area contributed by atoms with Crippen molar-refractivity contribution in [2.75, 3.05) is 27.3 Å². The van der Waals surface area contributed by atoms with Crippen LogP contribution in [0.2, 0.25) is 0 Å². The van der Waals surface area contributed by atoms with Crippen molar-refractivity contribution in [3.05, 3.63) is 23.8 Å². The fraction of sp³-hybridized carbons (Fsp3) is 0.400. The molecule has 0 radical (unpaired) electrons. The highest BCUT2D eigenvalue weighted by atomic mass is 16.5. The lowest BCUT2D eigenvalue weighted by atomic mass is 10.1. The molecular weight excluding hydrogens is 256 g/mol. The van der Waals surface area contributed by atoms with E-state index in [1.807, 2.05) is 25.1 Å². The van der Waals surface area contributed by atoms with Gasteiger partial charge in [-0.1, -0.05) is 5.92 Å². The minimum atomic E-state index is -0.194. The molecule has 0 aliphatic rings. The van der Waals surface area contributed by atoms with Crippen LogP contribution in [0.3, 0.4) is 0 Å². The van der Waals surface area contributed by atoms with E-state index in [0.717, 1.165) is 5.56 Å². The Morgan fingerprint density at radius 1 is 1.40 bits per heavy atom. The number of ether oxygens (including phenoxy) is 2. The Morgan fingerprint density at radius 2 is 2.15 bits per heavy atom. The van der Waals surface area contributed by atoms with Crippen molar-refractivity contribution in [1.82, 2.24) is 10.6 Å². The standard InChI is InChI=1S/C15H20N2O3/c1-5-8-16-10-15(18)17-11(2)13-9-12(19-3)6-7-14(13)20-4/h1,6-7,9,11,16H,8,10H2,2-4H3,(H,17,18). The van der Waals surface area contributed by atoms with Gasteiger partial charge in [0.15, 0.2) is 0 Å². The van der Waals surface area contributed by atoms with Crippen LogP contribution in [0.15, 0.2) is 18.2 Å². The van der Waals surface area contributed by atoms with Gasteiger partial charge < -0.3 is 14.8 Å². The van der Waals surface area contributed by atoms with Crippen molar-refractivity contribution in [1.29, 1.82) is 0 Å². The van der Waals surface area contributed by atoms with Crippen LogP contribution in [-0.2, 0) is 4.79 Å². The third-order valence-electron chi connectivity index (χ3n) is 2.79. The predicted molar refractivity (Wildman–Crippen MR) is 77.8 cm³/mol. The summed E-state index contributed by atoms with van der Waals surface area (Å²) in [5, 5.41) is 5.71. The maximum atomic E-state index is 11.7. The molecule has 0 bridgehead atoms. The number of carbonyl (C=O) groups is 1. The maximum Gasteiger partial charge on any atom is 0.234 e. The van der Waals surface area contributed by atoms with Crippen molar-refractivity contribution in [2.24, 2.45) is 0 Å². The van der Waals surface area contributed by atoms with E-state index in [4.69, 9.17) is 15.9 Å². The number of carbonyl (C=O) groups excluding carboxylic acids is 1. The largest absolute Gasteiger partial charge is 0.497 e. The number of nitrogens with one attached hydrogen (secondary N) is 2. The zero-order chi connectivity index (χ0) is 15.0. The number of amides is 1. The summed E-state index contributed by atoms with van der Waals surface area (Å²) in [7, 11) is 3.19. The van der Waals surface area contributed by atoms with Crippen LogP contribution in [0.5, 0.6) is 11.5 Å². The van der Waals surface area contributed by atoms with Crippen LogP contribution in [0.4, 0.5) is 0 Å². The normalized spacial score (nSPS) is 11.3. The number of rotatable bonds is 7. The molecule has 1 atom stereocenters. The zero-order valence-electron chi connectivity index (χ0n) is 12.0. The van der Waals surface area contributed by atoms with Crippen molar-refractivity contribution in [3.63, 3.8) is 0 Å². The van der Waals surface area contributed by atoms with Gasteiger partial charge >= 0.3 is 0 Å². The van der Waals surface area contributed by atoms with Crippen molar-refractivity contribution >= 4 is 5.91 Å². The average Bonchev–Trinajstić information content (AvgIpc) is 2.46. The van der Waals surface area contributed by atoms with Gasteiger partial charge in [0.2, 0.25) is 5.91 Å². The lowest BCUT2D eigenvalue weighted by molar-refractivity contribution is -0.120. The van der Waals surface area contributed by atoms with Gasteiger partial charge in [-0.15, -0.1) is 6.42 Å². The number of benzene rings is 1. The van der Waals surface area contributed by atoms with Gasteiger partial charge in [0.25, 0.3) is 0 Å². The summed E-state index contributed by atoms with van der Waals surface area (Å²) < 4.78 is 10.5. The summed E-state index contributed by atoms with van der Waals surface area (Å²) in [5.74, 6) is 3.71. The van der Waals surface area contributed by atoms with Crippen LogP contribution in [0.25, 0.3) is 0 Å². The van der Waals surface area contributed by atoms with Gasteiger partial charge in [-0.3, -0.25) is 10.1 Å². The van der Waals surface area contributed by atoms with Crippen LogP contribution in [0, 0.1) is 12.3 Å². The molecule has 0 saturated carbocycles. The van der Waals surface area contributed by atoms with E-state index in [1.165, 1.54) is 0 Å². The second-order valence-corrected chi connectivity index (χ2v) is 4.20. The average molecular weight is 276 g/mol. The zero-order valence-corrected chi connectivity index (χ0v) is 12.0. The highest BCUT2D eigenvalue weighted by Crippen LogP contribution is 2.29. The Kier molecular flexibility index (Phi) is 6.41. The number of hydrogen-bond acceptors (Lipinski definition) is 4. The topological polar surface area (TPSA) is 59.6 Å². The van der Waals surface area contributed by atoms with E-state index in [2.05, 4.69) is 16.6 Å². The fourth-order valence-electron chi connectivity index (χ4n) is 1.80. The summed E-state index contributed by atoms with van der Waals surface area (Å²) in [6, 6.07) is 5.28. The van der Waals surface area contributed by atoms with Gasteiger partial charge in [0, 0.05) is 5.56 Å². The van der Waals surface area contributed by atoms with E-state index in [0.29, 0.717) is 18.0 Å². The van der Waals surface area contributed by atoms with Crippen LogP contribution < -0.4 is 20.1 Å². The van der Waals surface area contributed by atoms with E-state index in [-0.39, 0.29) is 18.5 Å². The Balaban J connectivity index is 2.73. The third-order valence-corrected chi connectivity index (χ3v) is 2.79. The van der Waals surface area contributed by atoms with Crippen molar-refractivity contribution in [2.45, 2.75) is 13.0 Å². The van der Waals surface area contributed by atoms with Gasteiger partial charge in [-0.05, 0) is 25.1 Å². The Morgan fingerprint density at radius 3 is 2.75 bits per heavy atom. The molecule has 1 rings (SSSR count). The van der Waals surface area contributed by atoms with E-state index in [1.54, 1.807) is 14.2 Å². The van der Waals surface area contributed by atoms with Crippen LogP contribution in [-0.4, -0.2) is 33.2 Å². The van der Waals surface area contributed by atoms with Gasteiger partial charge in [0.05, 0.1) is 33.4 Å². The van der Waals surface area contributed by atoms with Gasteiger partial charge in [-0.2, -0.15) is 0 Å². The first kappa shape index (κ1) is 15.9. The summed E-state index contributed by atoms with van der Waals surface area (Å²) in [4.78, 5) is 11.7. The molecule has 20 heavy (non-hydrogen) atoms. The monoisotopic (exact) mass is 276 g/mol. The smallest absolute Gasteiger partial charge is 0.234 e. The Hall–Kier alpha value is -2.19. The van der Waals surface area contributed by atoms with Gasteiger partial charge in [0.1, 0.15) is 11.5 Å². The molecule has 1 aromatic carbocycles. The summed E-state index contributed by atoms with van der Waals surface area (Å²) in [6.07, 6.45) is 5.10. The molecule has 0 saturated heterocycles. The first-order valence-electron chi connectivity index (χ1n) is 6.27. The second-order valence-electron chi connectivity index (χ2n) is 4.20. The minimum Gasteiger partial charge on any atom is -0.497 e. The summed E-state index contributed by atoms with van der Waals surface area (Å²) in [6.45, 7) is 2.43. The molecule has 1 unspecified atom stereocenters. The van der Waals surface area contributed by atoms with E-state index < -0.39 is 0 Å². The van der Waals surface area contributed by atoms with Crippen LogP contribution >= 0.6 is 0 Å². The molecule has 0 heterocycles. The summed E-state index contributed by atoms with van der Waals surface area (Å²) in [5.41, 5.74) is 0.858. The van der Waals surface area contributed by atoms with E-state index in [9.17, 15) is 4.79 Å². The number of methoxy groups -OCH3 is 2. The molecule has 0 spiro atoms. The highest BCUT2D eigenvalue weighted by Gasteiger charge is 2.14. The highest BCUT2D eigenvalue weighted by molar-refractivity contribution is 5.78. The lowest BCUT2D eigenvalue weighted by Crippen LogP contribution is -2.35.